The van der Waals surface area contributed by atoms with Crippen LogP contribution in [0.5, 0.6) is 0 Å². The summed E-state index contributed by atoms with van der Waals surface area (Å²) in [4.78, 5) is 12.3. The highest BCUT2D eigenvalue weighted by molar-refractivity contribution is 5.79. The van der Waals surface area contributed by atoms with E-state index in [9.17, 15) is 4.79 Å². The minimum absolute atomic E-state index is 0.0453. The van der Waals surface area contributed by atoms with Gasteiger partial charge >= 0.3 is 0 Å². The zero-order chi connectivity index (χ0) is 13.1. The number of carbonyl (C=O) groups is 1. The van der Waals surface area contributed by atoms with Gasteiger partial charge < -0.3 is 11.1 Å². The third-order valence-electron chi connectivity index (χ3n) is 4.53. The molecule has 0 aromatic carbocycles. The molecule has 0 spiro atoms. The molecule has 0 heterocycles. The number of hydrogen-bond donors (Lipinski definition) is 2. The van der Waals surface area contributed by atoms with E-state index < -0.39 is 0 Å². The second kappa shape index (κ2) is 5.85. The van der Waals surface area contributed by atoms with Crippen LogP contribution in [-0.4, -0.2) is 17.5 Å². The molecule has 0 bridgehead atoms. The minimum Gasteiger partial charge on any atom is -0.351 e. The lowest BCUT2D eigenvalue weighted by atomic mass is 9.77. The third-order valence-corrected chi connectivity index (χ3v) is 4.53. The lowest BCUT2D eigenvalue weighted by Gasteiger charge is -2.35. The summed E-state index contributed by atoms with van der Waals surface area (Å²) in [6.07, 6.45) is 4.87. The monoisotopic (exact) mass is 240 g/mol. The Morgan fingerprint density at radius 2 is 1.94 bits per heavy atom. The van der Waals surface area contributed by atoms with Crippen molar-refractivity contribution in [2.24, 2.45) is 17.6 Å². The van der Waals surface area contributed by atoms with Crippen molar-refractivity contribution in [3.05, 3.63) is 0 Å². The molecule has 1 saturated carbocycles. The van der Waals surface area contributed by atoms with Crippen molar-refractivity contribution in [2.45, 2.75) is 71.4 Å². The second-order valence-corrected chi connectivity index (χ2v) is 5.91. The number of rotatable bonds is 4. The Morgan fingerprint density at radius 3 is 2.41 bits per heavy atom. The van der Waals surface area contributed by atoms with Crippen molar-refractivity contribution in [1.82, 2.24) is 5.32 Å². The van der Waals surface area contributed by atoms with E-state index in [1.807, 2.05) is 0 Å². The number of nitrogens with one attached hydrogen (secondary N) is 1. The van der Waals surface area contributed by atoms with Crippen LogP contribution in [0.3, 0.4) is 0 Å². The fourth-order valence-corrected chi connectivity index (χ4v) is 2.64. The highest BCUT2D eigenvalue weighted by atomic mass is 16.2. The van der Waals surface area contributed by atoms with Crippen molar-refractivity contribution < 1.29 is 4.79 Å². The molecule has 0 saturated heterocycles. The lowest BCUT2D eigenvalue weighted by Crippen LogP contribution is -2.50. The van der Waals surface area contributed by atoms with Crippen LogP contribution in [0.25, 0.3) is 0 Å². The summed E-state index contributed by atoms with van der Waals surface area (Å²) in [6, 6.07) is 0.290. The topological polar surface area (TPSA) is 55.1 Å². The summed E-state index contributed by atoms with van der Waals surface area (Å²) in [7, 11) is 0. The quantitative estimate of drug-likeness (QED) is 0.793. The molecule has 1 aliphatic rings. The van der Waals surface area contributed by atoms with Gasteiger partial charge in [-0.3, -0.25) is 4.79 Å². The summed E-state index contributed by atoms with van der Waals surface area (Å²) >= 11 is 0. The Morgan fingerprint density at radius 1 is 1.35 bits per heavy atom. The molecule has 1 amide bonds. The van der Waals surface area contributed by atoms with E-state index in [0.29, 0.717) is 5.92 Å². The fourth-order valence-electron chi connectivity index (χ4n) is 2.64. The van der Waals surface area contributed by atoms with Crippen molar-refractivity contribution in [3.63, 3.8) is 0 Å². The Bertz CT molecular complexity index is 261. The smallest absolute Gasteiger partial charge is 0.223 e. The molecule has 100 valence electrons. The zero-order valence-corrected chi connectivity index (χ0v) is 11.8. The van der Waals surface area contributed by atoms with Crippen LogP contribution in [-0.2, 0) is 4.79 Å². The van der Waals surface area contributed by atoms with E-state index in [4.69, 9.17) is 5.73 Å². The van der Waals surface area contributed by atoms with Gasteiger partial charge in [0.25, 0.3) is 0 Å². The zero-order valence-electron chi connectivity index (χ0n) is 11.8. The fraction of sp³-hybridized carbons (Fsp3) is 0.929. The van der Waals surface area contributed by atoms with Gasteiger partial charge in [-0.2, -0.15) is 0 Å². The first kappa shape index (κ1) is 14.5. The maximum absolute atomic E-state index is 12.3. The molecule has 3 atom stereocenters. The highest BCUT2D eigenvalue weighted by Gasteiger charge is 2.33. The van der Waals surface area contributed by atoms with Crippen LogP contribution >= 0.6 is 0 Å². The van der Waals surface area contributed by atoms with Crippen LogP contribution in [0.4, 0.5) is 0 Å². The van der Waals surface area contributed by atoms with Crippen LogP contribution in [0, 0.1) is 11.8 Å². The number of carbonyl (C=O) groups excluding carboxylic acids is 1. The van der Waals surface area contributed by atoms with Crippen LogP contribution < -0.4 is 11.1 Å². The van der Waals surface area contributed by atoms with Crippen molar-refractivity contribution >= 4 is 5.91 Å². The molecular weight excluding hydrogens is 212 g/mol. The molecule has 3 heteroatoms. The molecule has 1 rings (SSSR count). The van der Waals surface area contributed by atoms with Gasteiger partial charge in [0.2, 0.25) is 5.91 Å². The molecule has 0 aromatic rings. The first-order chi connectivity index (χ1) is 7.91. The largest absolute Gasteiger partial charge is 0.351 e. The molecule has 3 unspecified atom stereocenters. The Balaban J connectivity index is 2.58. The summed E-state index contributed by atoms with van der Waals surface area (Å²) in [5, 5.41) is 3.23. The lowest BCUT2D eigenvalue weighted by molar-refractivity contribution is -0.129. The van der Waals surface area contributed by atoms with Gasteiger partial charge in [-0.05, 0) is 44.9 Å². The maximum Gasteiger partial charge on any atom is 0.223 e. The van der Waals surface area contributed by atoms with Crippen molar-refractivity contribution in [3.8, 4) is 0 Å². The first-order valence-corrected chi connectivity index (χ1v) is 6.99. The summed E-state index contributed by atoms with van der Waals surface area (Å²) in [5.74, 6) is 0.805. The molecule has 3 N–H and O–H groups in total. The van der Waals surface area contributed by atoms with Crippen LogP contribution in [0.15, 0.2) is 0 Å². The van der Waals surface area contributed by atoms with E-state index in [1.165, 1.54) is 0 Å². The maximum atomic E-state index is 12.3. The van der Waals surface area contributed by atoms with Gasteiger partial charge in [0, 0.05) is 17.5 Å². The average molecular weight is 240 g/mol. The first-order valence-electron chi connectivity index (χ1n) is 6.99. The van der Waals surface area contributed by atoms with Gasteiger partial charge in [0.1, 0.15) is 0 Å². The molecule has 0 aromatic heterocycles. The Hall–Kier alpha value is -0.570. The highest BCUT2D eigenvalue weighted by Crippen LogP contribution is 2.30. The van der Waals surface area contributed by atoms with Gasteiger partial charge in [-0.25, -0.2) is 0 Å². The van der Waals surface area contributed by atoms with Gasteiger partial charge in [-0.15, -0.1) is 0 Å². The van der Waals surface area contributed by atoms with Crippen molar-refractivity contribution in [2.75, 3.05) is 0 Å². The predicted molar refractivity (Wildman–Crippen MR) is 71.6 cm³/mol. The third kappa shape index (κ3) is 3.70. The van der Waals surface area contributed by atoms with E-state index in [2.05, 4.69) is 33.0 Å². The molecular formula is C14H28N2O. The summed E-state index contributed by atoms with van der Waals surface area (Å²) in [6.45, 7) is 8.54. The Labute approximate surface area is 106 Å². The molecule has 17 heavy (non-hydrogen) atoms. The molecule has 1 fully saturated rings. The Kier molecular flexibility index (Phi) is 4.99. The summed E-state index contributed by atoms with van der Waals surface area (Å²) in [5.41, 5.74) is 5.89. The number of amides is 1. The SMILES string of the molecule is CCC(C)(CC)NC(=O)C1CCC(N)CC1C. The predicted octanol–water partition coefficient (Wildman–Crippen LogP) is 2.44. The normalized spacial score (nSPS) is 30.1. The van der Waals surface area contributed by atoms with Crippen molar-refractivity contribution in [1.29, 1.82) is 0 Å². The van der Waals surface area contributed by atoms with Crippen LogP contribution in [0.2, 0.25) is 0 Å². The number of nitrogens with two attached hydrogens (primary N) is 1. The molecule has 1 aliphatic carbocycles. The van der Waals surface area contributed by atoms with E-state index in [0.717, 1.165) is 32.1 Å². The van der Waals surface area contributed by atoms with E-state index >= 15 is 0 Å². The van der Waals surface area contributed by atoms with E-state index in [1.54, 1.807) is 0 Å². The van der Waals surface area contributed by atoms with Gasteiger partial charge in [-0.1, -0.05) is 20.8 Å². The average Bonchev–Trinajstić information content (AvgIpc) is 2.28. The standard InChI is InChI=1S/C14H28N2O/c1-5-14(4,6-2)16-13(17)12-8-7-11(15)9-10(12)3/h10-12H,5-9,15H2,1-4H3,(H,16,17). The summed E-state index contributed by atoms with van der Waals surface area (Å²) < 4.78 is 0. The van der Waals surface area contributed by atoms with Crippen LogP contribution in [0.1, 0.15) is 59.8 Å². The second-order valence-electron chi connectivity index (χ2n) is 5.91. The van der Waals surface area contributed by atoms with Gasteiger partial charge in [0.05, 0.1) is 0 Å². The number of hydrogen-bond acceptors (Lipinski definition) is 2. The van der Waals surface area contributed by atoms with Gasteiger partial charge in [0.15, 0.2) is 0 Å². The minimum atomic E-state index is -0.0453. The molecule has 0 aliphatic heterocycles. The van der Waals surface area contributed by atoms with E-state index in [-0.39, 0.29) is 23.4 Å². The molecule has 3 nitrogen and oxygen atoms in total. The molecule has 0 radical (unpaired) electrons.